The summed E-state index contributed by atoms with van der Waals surface area (Å²) < 4.78 is 0. The molecule has 0 aromatic heterocycles. The molecule has 0 aliphatic heterocycles. The average molecular weight is 404 g/mol. The molecule has 5 nitrogen and oxygen atoms in total. The highest BCUT2D eigenvalue weighted by Gasteiger charge is 2.18. The summed E-state index contributed by atoms with van der Waals surface area (Å²) in [5.74, 6) is 0.490. The zero-order valence-corrected chi connectivity index (χ0v) is 18.6. The highest BCUT2D eigenvalue weighted by Crippen LogP contribution is 2.30. The number of aldehydes is 1. The lowest BCUT2D eigenvalue weighted by Crippen LogP contribution is -2.28. The Morgan fingerprint density at radius 3 is 2.43 bits per heavy atom. The van der Waals surface area contributed by atoms with Gasteiger partial charge in [-0.3, -0.25) is 9.59 Å². The van der Waals surface area contributed by atoms with E-state index in [1.54, 1.807) is 24.1 Å². The van der Waals surface area contributed by atoms with Crippen molar-refractivity contribution in [2.45, 2.75) is 20.3 Å². The van der Waals surface area contributed by atoms with E-state index in [9.17, 15) is 9.59 Å². The lowest BCUT2D eigenvalue weighted by atomic mass is 9.97. The Balaban J connectivity index is 0.00000190. The van der Waals surface area contributed by atoms with Crippen LogP contribution < -0.4 is 5.32 Å². The summed E-state index contributed by atoms with van der Waals surface area (Å²) in [4.78, 5) is 28.2. The van der Waals surface area contributed by atoms with Gasteiger partial charge in [0, 0.05) is 53.5 Å². The molecule has 2 rings (SSSR count). The minimum atomic E-state index is -0.0995. The van der Waals surface area contributed by atoms with E-state index < -0.39 is 0 Å². The quantitative estimate of drug-likeness (QED) is 0.377. The first-order valence-electron chi connectivity index (χ1n) is 9.75. The van der Waals surface area contributed by atoms with E-state index in [1.165, 1.54) is 0 Å². The molecule has 0 fully saturated rings. The van der Waals surface area contributed by atoms with Crippen LogP contribution in [0.2, 0.25) is 0 Å². The Labute approximate surface area is 174 Å². The van der Waals surface area contributed by atoms with Crippen molar-refractivity contribution >= 4 is 41.3 Å². The zero-order valence-electron chi connectivity index (χ0n) is 17.7. The van der Waals surface area contributed by atoms with Gasteiger partial charge in [0.15, 0.2) is 6.29 Å². The lowest BCUT2D eigenvalue weighted by Gasteiger charge is -2.19. The van der Waals surface area contributed by atoms with Crippen LogP contribution in [0.25, 0.3) is 10.8 Å². The number of benzene rings is 2. The molecule has 2 aromatic rings. The van der Waals surface area contributed by atoms with E-state index in [4.69, 9.17) is 0 Å². The number of thiol groups is 1. The third-order valence-electron chi connectivity index (χ3n) is 4.31. The minimum absolute atomic E-state index is 0.0995. The Hall–Kier alpha value is -2.05. The fourth-order valence-corrected chi connectivity index (χ4v) is 3.24. The first kappa shape index (κ1) is 24.0. The van der Waals surface area contributed by atoms with Crippen molar-refractivity contribution in [2.75, 3.05) is 51.8 Å². The molecule has 0 bridgehead atoms. The van der Waals surface area contributed by atoms with Crippen LogP contribution in [-0.2, 0) is 0 Å². The summed E-state index contributed by atoms with van der Waals surface area (Å²) in [6, 6.07) is 9.28. The van der Waals surface area contributed by atoms with Crippen LogP contribution in [0.15, 0.2) is 30.3 Å². The number of hydrogen-bond acceptors (Lipinski definition) is 5. The molecule has 28 heavy (non-hydrogen) atoms. The van der Waals surface area contributed by atoms with Gasteiger partial charge in [-0.15, -0.1) is 0 Å². The largest absolute Gasteiger partial charge is 0.384 e. The van der Waals surface area contributed by atoms with Gasteiger partial charge in [0.2, 0.25) is 0 Å². The molecular weight excluding hydrogens is 370 g/mol. The maximum Gasteiger partial charge on any atom is 0.254 e. The molecule has 0 radical (unpaired) electrons. The Bertz CT molecular complexity index is 778. The number of nitrogens with one attached hydrogen (secondary N) is 1. The molecular formula is C22H33N3O2S. The van der Waals surface area contributed by atoms with Crippen LogP contribution in [-0.4, -0.2) is 68.5 Å². The molecule has 0 saturated heterocycles. The van der Waals surface area contributed by atoms with E-state index in [-0.39, 0.29) is 5.91 Å². The standard InChI is InChI=1S/C20H27N3O2S.C2H6/c1-22(2)11-5-10-21-18-9-8-17(20(25)23(3)12-13-26)19-15(14-24)6-4-7-16(18)19;1-2/h4,6-9,14,21,26H,5,10-13H2,1-3H3;1-2H3. The number of anilines is 1. The topological polar surface area (TPSA) is 52.7 Å². The van der Waals surface area contributed by atoms with Gasteiger partial charge in [0.1, 0.15) is 0 Å². The van der Waals surface area contributed by atoms with Gasteiger partial charge in [-0.2, -0.15) is 12.6 Å². The highest BCUT2D eigenvalue weighted by molar-refractivity contribution is 7.80. The number of carbonyl (C=O) groups excluding carboxylic acids is 2. The highest BCUT2D eigenvalue weighted by atomic mass is 32.1. The number of hydrogen-bond donors (Lipinski definition) is 2. The summed E-state index contributed by atoms with van der Waals surface area (Å²) in [5, 5.41) is 5.03. The molecule has 0 aliphatic rings. The van der Waals surface area contributed by atoms with Crippen molar-refractivity contribution < 1.29 is 9.59 Å². The third kappa shape index (κ3) is 6.24. The van der Waals surface area contributed by atoms with E-state index in [2.05, 4.69) is 22.8 Å². The molecule has 0 spiro atoms. The van der Waals surface area contributed by atoms with Gasteiger partial charge in [-0.25, -0.2) is 0 Å². The summed E-state index contributed by atoms with van der Waals surface area (Å²) in [6.07, 6.45) is 1.82. The van der Waals surface area contributed by atoms with Crippen LogP contribution in [0.3, 0.4) is 0 Å². The summed E-state index contributed by atoms with van der Waals surface area (Å²) in [7, 11) is 5.85. The van der Waals surface area contributed by atoms with E-state index in [1.807, 2.05) is 46.1 Å². The molecule has 0 atom stereocenters. The van der Waals surface area contributed by atoms with Crippen molar-refractivity contribution in [3.8, 4) is 0 Å². The SMILES string of the molecule is CC.CN(C)CCCNc1ccc(C(=O)N(C)CCS)c2c(C=O)cccc12. The van der Waals surface area contributed by atoms with E-state index in [0.717, 1.165) is 36.9 Å². The van der Waals surface area contributed by atoms with Gasteiger partial charge in [-0.05, 0) is 39.2 Å². The summed E-state index contributed by atoms with van der Waals surface area (Å²) >= 11 is 4.19. The molecule has 0 aliphatic carbocycles. The predicted octanol–water partition coefficient (Wildman–Crippen LogP) is 4.04. The second-order valence-electron chi connectivity index (χ2n) is 6.58. The van der Waals surface area contributed by atoms with Crippen molar-refractivity contribution in [2.24, 2.45) is 0 Å². The van der Waals surface area contributed by atoms with Crippen LogP contribution >= 0.6 is 12.6 Å². The number of carbonyl (C=O) groups is 2. The minimum Gasteiger partial charge on any atom is -0.384 e. The summed E-state index contributed by atoms with van der Waals surface area (Å²) in [6.45, 7) is 6.37. The van der Waals surface area contributed by atoms with Gasteiger partial charge in [0.25, 0.3) is 5.91 Å². The van der Waals surface area contributed by atoms with Crippen molar-refractivity contribution in [1.82, 2.24) is 9.80 Å². The summed E-state index contributed by atoms with van der Waals surface area (Å²) in [5.41, 5.74) is 2.02. The number of rotatable bonds is 9. The van der Waals surface area contributed by atoms with Gasteiger partial charge < -0.3 is 15.1 Å². The van der Waals surface area contributed by atoms with Gasteiger partial charge >= 0.3 is 0 Å². The van der Waals surface area contributed by atoms with Gasteiger partial charge in [0.05, 0.1) is 0 Å². The van der Waals surface area contributed by atoms with E-state index in [0.29, 0.717) is 28.8 Å². The van der Waals surface area contributed by atoms with Crippen LogP contribution in [0.5, 0.6) is 0 Å². The molecule has 0 saturated carbocycles. The normalized spacial score (nSPS) is 10.4. The Morgan fingerprint density at radius 2 is 1.82 bits per heavy atom. The monoisotopic (exact) mass is 403 g/mol. The van der Waals surface area contributed by atoms with Gasteiger partial charge in [-0.1, -0.05) is 32.0 Å². The number of nitrogens with zero attached hydrogens (tertiary/aromatic N) is 2. The molecule has 0 heterocycles. The molecule has 2 aromatic carbocycles. The fourth-order valence-electron chi connectivity index (χ4n) is 2.94. The van der Waals surface area contributed by atoms with E-state index >= 15 is 0 Å². The molecule has 1 N–H and O–H groups in total. The average Bonchev–Trinajstić information content (AvgIpc) is 2.71. The molecule has 1 amide bonds. The number of amides is 1. The Kier molecular flexibility index (Phi) is 10.6. The molecule has 0 unspecified atom stereocenters. The lowest BCUT2D eigenvalue weighted by molar-refractivity contribution is 0.0805. The second-order valence-corrected chi connectivity index (χ2v) is 7.03. The number of fused-ring (bicyclic) bond motifs is 1. The first-order valence-corrected chi connectivity index (χ1v) is 10.4. The fraction of sp³-hybridized carbons (Fsp3) is 0.455. The Morgan fingerprint density at radius 1 is 1.11 bits per heavy atom. The maximum atomic E-state index is 12.8. The van der Waals surface area contributed by atoms with Crippen molar-refractivity contribution in [3.63, 3.8) is 0 Å². The molecule has 6 heteroatoms. The van der Waals surface area contributed by atoms with Crippen LogP contribution in [0.4, 0.5) is 5.69 Å². The smallest absolute Gasteiger partial charge is 0.254 e. The van der Waals surface area contributed by atoms with Crippen molar-refractivity contribution in [1.29, 1.82) is 0 Å². The first-order chi connectivity index (χ1) is 13.5. The zero-order chi connectivity index (χ0) is 21.1. The molecule has 154 valence electrons. The van der Waals surface area contributed by atoms with Crippen LogP contribution in [0.1, 0.15) is 41.0 Å². The third-order valence-corrected chi connectivity index (χ3v) is 4.51. The second kappa shape index (κ2) is 12.4. The maximum absolute atomic E-state index is 12.8. The van der Waals surface area contributed by atoms with Crippen LogP contribution in [0, 0.1) is 0 Å². The van der Waals surface area contributed by atoms with Crippen molar-refractivity contribution in [3.05, 3.63) is 41.5 Å². The predicted molar refractivity (Wildman–Crippen MR) is 123 cm³/mol.